The van der Waals surface area contributed by atoms with Crippen molar-refractivity contribution in [2.75, 3.05) is 54.4 Å². The minimum Gasteiger partial charge on any atom is -0.443 e. The molecule has 0 radical (unpaired) electrons. The predicted octanol–water partition coefficient (Wildman–Crippen LogP) is 2.38. The Balaban J connectivity index is 1.26. The number of nitrogens with zero attached hydrogens (tertiary/aromatic N) is 3. The van der Waals surface area contributed by atoms with Crippen LogP contribution in [0.2, 0.25) is 0 Å². The Morgan fingerprint density at radius 2 is 1.76 bits per heavy atom. The smallest absolute Gasteiger partial charge is 0.414 e. The van der Waals surface area contributed by atoms with Crippen LogP contribution in [0.25, 0.3) is 0 Å². The molecule has 2 aliphatic rings. The summed E-state index contributed by atoms with van der Waals surface area (Å²) in [5.74, 6) is -0.931. The van der Waals surface area contributed by atoms with E-state index < -0.39 is 18.0 Å². The summed E-state index contributed by atoms with van der Waals surface area (Å²) < 4.78 is 20.1. The van der Waals surface area contributed by atoms with Crippen molar-refractivity contribution < 1.29 is 28.3 Å². The topological polar surface area (TPSA) is 125 Å². The number of ether oxygens (including phenoxy) is 1. The van der Waals surface area contributed by atoms with Crippen LogP contribution in [0, 0.1) is 5.82 Å². The van der Waals surface area contributed by atoms with E-state index in [-0.39, 0.29) is 43.5 Å². The van der Waals surface area contributed by atoms with Crippen molar-refractivity contribution in [3.8, 4) is 0 Å². The van der Waals surface area contributed by atoms with E-state index in [1.165, 1.54) is 17.9 Å². The maximum Gasteiger partial charge on any atom is 0.414 e. The first-order chi connectivity index (χ1) is 17.7. The van der Waals surface area contributed by atoms with Gasteiger partial charge in [-0.15, -0.1) is 0 Å². The average molecular weight is 512 g/mol. The van der Waals surface area contributed by atoms with E-state index in [1.54, 1.807) is 41.3 Å². The Kier molecular flexibility index (Phi) is 8.02. The SMILES string of the molecule is CC(=O)Nc1ccc(C(=O)CCC(=O)N2CCN(c3ccc(N4C[C@H](CN)OC4=O)cc3F)CC2)cc1. The van der Waals surface area contributed by atoms with Crippen molar-refractivity contribution in [3.05, 3.63) is 53.8 Å². The van der Waals surface area contributed by atoms with Crippen molar-refractivity contribution in [2.24, 2.45) is 5.73 Å². The average Bonchev–Trinajstić information content (AvgIpc) is 3.28. The van der Waals surface area contributed by atoms with Gasteiger partial charge in [-0.3, -0.25) is 19.3 Å². The van der Waals surface area contributed by atoms with Gasteiger partial charge in [0, 0.05) is 63.7 Å². The molecule has 1 atom stereocenters. The highest BCUT2D eigenvalue weighted by molar-refractivity contribution is 5.98. The molecule has 2 aromatic rings. The number of Topliss-reactive ketones (excluding diaryl/α,β-unsaturated/α-hetero) is 1. The van der Waals surface area contributed by atoms with E-state index in [2.05, 4.69) is 5.32 Å². The van der Waals surface area contributed by atoms with Crippen molar-refractivity contribution in [3.63, 3.8) is 0 Å². The molecule has 2 heterocycles. The number of halogens is 1. The molecule has 2 fully saturated rings. The van der Waals surface area contributed by atoms with Gasteiger partial charge in [-0.1, -0.05) is 0 Å². The van der Waals surface area contributed by atoms with Crippen LogP contribution in [-0.2, 0) is 14.3 Å². The summed E-state index contributed by atoms with van der Waals surface area (Å²) in [5.41, 5.74) is 7.44. The maximum absolute atomic E-state index is 14.9. The largest absolute Gasteiger partial charge is 0.443 e. The zero-order valence-corrected chi connectivity index (χ0v) is 20.6. The lowest BCUT2D eigenvalue weighted by Crippen LogP contribution is -2.49. The number of anilines is 3. The maximum atomic E-state index is 14.9. The second kappa shape index (κ2) is 11.4. The molecule has 2 aromatic carbocycles. The summed E-state index contributed by atoms with van der Waals surface area (Å²) in [6.45, 7) is 3.60. The van der Waals surface area contributed by atoms with Gasteiger partial charge in [0.15, 0.2) is 5.78 Å². The van der Waals surface area contributed by atoms with E-state index in [0.717, 1.165) is 0 Å². The van der Waals surface area contributed by atoms with Gasteiger partial charge in [-0.2, -0.15) is 0 Å². The van der Waals surface area contributed by atoms with E-state index in [9.17, 15) is 23.6 Å². The fraction of sp³-hybridized carbons (Fsp3) is 0.385. The zero-order chi connectivity index (χ0) is 26.5. The number of piperazine rings is 1. The molecular weight excluding hydrogens is 481 g/mol. The number of hydrogen-bond donors (Lipinski definition) is 2. The first kappa shape index (κ1) is 26.1. The van der Waals surface area contributed by atoms with E-state index in [4.69, 9.17) is 10.5 Å². The van der Waals surface area contributed by atoms with E-state index in [1.807, 2.05) is 4.90 Å². The molecule has 0 unspecified atom stereocenters. The summed E-state index contributed by atoms with van der Waals surface area (Å²) in [6.07, 6.45) is -0.786. The van der Waals surface area contributed by atoms with Crippen LogP contribution >= 0.6 is 0 Å². The van der Waals surface area contributed by atoms with Crippen LogP contribution in [0.5, 0.6) is 0 Å². The van der Waals surface area contributed by atoms with E-state index >= 15 is 0 Å². The third kappa shape index (κ3) is 6.23. The highest BCUT2D eigenvalue weighted by atomic mass is 19.1. The Hall–Kier alpha value is -3.99. The molecule has 2 aliphatic heterocycles. The Labute approximate surface area is 214 Å². The Morgan fingerprint density at radius 3 is 2.35 bits per heavy atom. The standard InChI is InChI=1S/C26H30FN5O5/c1-17(33)29-19-4-2-18(3-5-19)24(34)8-9-25(35)31-12-10-30(11-13-31)23-7-6-20(14-22(23)27)32-16-21(15-28)37-26(32)36/h2-7,14,21H,8-13,15-16,28H2,1H3,(H,29,33)/t21-/m0/s1. The number of carbonyl (C=O) groups is 4. The number of nitrogens with two attached hydrogens (primary N) is 1. The highest BCUT2D eigenvalue weighted by Crippen LogP contribution is 2.28. The summed E-state index contributed by atoms with van der Waals surface area (Å²) in [5, 5.41) is 2.64. The molecule has 0 saturated carbocycles. The second-order valence-corrected chi connectivity index (χ2v) is 9.04. The lowest BCUT2D eigenvalue weighted by Gasteiger charge is -2.36. The van der Waals surface area contributed by atoms with Crippen LogP contribution in [0.15, 0.2) is 42.5 Å². The van der Waals surface area contributed by atoms with Gasteiger partial charge in [-0.05, 0) is 42.5 Å². The van der Waals surface area contributed by atoms with Crippen LogP contribution in [-0.4, -0.2) is 74.0 Å². The molecule has 10 nitrogen and oxygen atoms in total. The van der Waals surface area contributed by atoms with Crippen molar-refractivity contribution in [2.45, 2.75) is 25.9 Å². The first-order valence-corrected chi connectivity index (χ1v) is 12.2. The van der Waals surface area contributed by atoms with Gasteiger partial charge in [-0.25, -0.2) is 9.18 Å². The summed E-state index contributed by atoms with van der Waals surface area (Å²) in [4.78, 5) is 53.2. The Bertz CT molecular complexity index is 1180. The molecule has 0 bridgehead atoms. The van der Waals surface area contributed by atoms with Crippen molar-refractivity contribution >= 4 is 40.8 Å². The number of cyclic esters (lactones) is 1. The number of ketones is 1. The number of rotatable bonds is 8. The number of benzene rings is 2. The molecule has 2 saturated heterocycles. The number of nitrogens with one attached hydrogen (secondary N) is 1. The second-order valence-electron chi connectivity index (χ2n) is 9.04. The number of hydrogen-bond acceptors (Lipinski definition) is 7. The summed E-state index contributed by atoms with van der Waals surface area (Å²) in [6, 6.07) is 11.1. The highest BCUT2D eigenvalue weighted by Gasteiger charge is 2.32. The van der Waals surface area contributed by atoms with Crippen molar-refractivity contribution in [1.29, 1.82) is 0 Å². The van der Waals surface area contributed by atoms with Crippen LogP contribution in [0.3, 0.4) is 0 Å². The minimum atomic E-state index is -0.546. The van der Waals surface area contributed by atoms with Gasteiger partial charge in [0.05, 0.1) is 17.9 Å². The molecule has 0 aromatic heterocycles. The van der Waals surface area contributed by atoms with Gasteiger partial charge >= 0.3 is 6.09 Å². The molecule has 4 rings (SSSR count). The lowest BCUT2D eigenvalue weighted by atomic mass is 10.1. The minimum absolute atomic E-state index is 0.0819. The van der Waals surface area contributed by atoms with E-state index in [0.29, 0.717) is 48.8 Å². The fourth-order valence-corrected chi connectivity index (χ4v) is 4.44. The quantitative estimate of drug-likeness (QED) is 0.521. The molecule has 196 valence electrons. The van der Waals surface area contributed by atoms with Gasteiger partial charge in [0.1, 0.15) is 11.9 Å². The predicted molar refractivity (Wildman–Crippen MR) is 136 cm³/mol. The molecule has 0 aliphatic carbocycles. The van der Waals surface area contributed by atoms with Crippen LogP contribution in [0.4, 0.5) is 26.2 Å². The third-order valence-electron chi connectivity index (χ3n) is 6.45. The Morgan fingerprint density at radius 1 is 1.05 bits per heavy atom. The molecule has 11 heteroatoms. The van der Waals surface area contributed by atoms with Crippen LogP contribution in [0.1, 0.15) is 30.1 Å². The molecule has 3 amide bonds. The molecule has 3 N–H and O–H groups in total. The summed E-state index contributed by atoms with van der Waals surface area (Å²) in [7, 11) is 0. The molecule has 0 spiro atoms. The number of carbonyl (C=O) groups excluding carboxylic acids is 4. The van der Waals surface area contributed by atoms with Crippen molar-refractivity contribution in [1.82, 2.24) is 4.90 Å². The van der Waals surface area contributed by atoms with Gasteiger partial charge < -0.3 is 25.6 Å². The van der Waals surface area contributed by atoms with Gasteiger partial charge in [0.2, 0.25) is 11.8 Å². The fourth-order valence-electron chi connectivity index (χ4n) is 4.44. The molecule has 37 heavy (non-hydrogen) atoms. The monoisotopic (exact) mass is 511 g/mol. The van der Waals surface area contributed by atoms with Crippen LogP contribution < -0.4 is 20.9 Å². The molecular formula is C26H30FN5O5. The third-order valence-corrected chi connectivity index (χ3v) is 6.45. The summed E-state index contributed by atoms with van der Waals surface area (Å²) >= 11 is 0. The van der Waals surface area contributed by atoms with Gasteiger partial charge in [0.25, 0.3) is 0 Å². The zero-order valence-electron chi connectivity index (χ0n) is 20.6. The number of amides is 3. The lowest BCUT2D eigenvalue weighted by molar-refractivity contribution is -0.131. The normalized spacial score (nSPS) is 17.5. The first-order valence-electron chi connectivity index (χ1n) is 12.2.